The predicted molar refractivity (Wildman–Crippen MR) is 161 cm³/mol. The van der Waals surface area contributed by atoms with Crippen molar-refractivity contribution < 1.29 is 47.6 Å². The third kappa shape index (κ3) is 12.0. The lowest BCUT2D eigenvalue weighted by molar-refractivity contribution is -0.147. The SMILES string of the molecule is CCOC(=O)C=CCC[C@H](NC(=O)c1ccno1)C(=O)N[C@@H](CCC(N)=O)C(=O)N1CCC[C@H]1C(=O)N[C@@H](CC(C)C)C(=O)OC. The lowest BCUT2D eigenvalue weighted by atomic mass is 10.0. The van der Waals surface area contributed by atoms with Crippen LogP contribution in [-0.4, -0.2) is 96.0 Å². The number of likely N-dealkylation sites (tertiary alicyclic amines) is 1. The van der Waals surface area contributed by atoms with E-state index in [-0.39, 0.29) is 50.5 Å². The number of rotatable bonds is 18. The number of amides is 5. The van der Waals surface area contributed by atoms with Crippen LogP contribution in [0.3, 0.4) is 0 Å². The van der Waals surface area contributed by atoms with Gasteiger partial charge in [-0.3, -0.25) is 24.0 Å². The highest BCUT2D eigenvalue weighted by Crippen LogP contribution is 2.21. The number of nitrogens with two attached hydrogens (primary N) is 1. The first-order chi connectivity index (χ1) is 21.9. The number of allylic oxidation sites excluding steroid dienone is 1. The first-order valence-electron chi connectivity index (χ1n) is 15.2. The first kappa shape index (κ1) is 37.4. The van der Waals surface area contributed by atoms with E-state index in [2.05, 4.69) is 21.1 Å². The summed E-state index contributed by atoms with van der Waals surface area (Å²) in [5, 5.41) is 11.3. The predicted octanol–water partition coefficient (Wildman–Crippen LogP) is 0.118. The second-order valence-corrected chi connectivity index (χ2v) is 11.1. The van der Waals surface area contributed by atoms with Gasteiger partial charge in [-0.1, -0.05) is 25.1 Å². The third-order valence-electron chi connectivity index (χ3n) is 7.09. The molecule has 5 N–H and O–H groups in total. The molecular weight excluding hydrogens is 604 g/mol. The van der Waals surface area contributed by atoms with Crippen LogP contribution in [0.25, 0.3) is 0 Å². The number of primary amides is 1. The molecule has 0 spiro atoms. The molecule has 1 fully saturated rings. The van der Waals surface area contributed by atoms with Gasteiger partial charge in [0.05, 0.1) is 19.9 Å². The number of hydrogen-bond acceptors (Lipinski definition) is 11. The fourth-order valence-corrected chi connectivity index (χ4v) is 4.88. The number of ether oxygens (including phenoxy) is 2. The largest absolute Gasteiger partial charge is 0.467 e. The molecule has 0 aromatic carbocycles. The average Bonchev–Trinajstić information content (AvgIpc) is 3.72. The van der Waals surface area contributed by atoms with Crippen molar-refractivity contribution in [2.24, 2.45) is 11.7 Å². The number of hydrogen-bond donors (Lipinski definition) is 4. The highest BCUT2D eigenvalue weighted by atomic mass is 16.5. The van der Waals surface area contributed by atoms with Crippen molar-refractivity contribution in [3.63, 3.8) is 0 Å². The fourth-order valence-electron chi connectivity index (χ4n) is 4.88. The molecule has 0 saturated carbocycles. The number of esters is 2. The van der Waals surface area contributed by atoms with Crippen LogP contribution in [0.1, 0.15) is 76.3 Å². The molecule has 0 radical (unpaired) electrons. The van der Waals surface area contributed by atoms with Gasteiger partial charge in [0, 0.05) is 25.1 Å². The molecule has 16 heteroatoms. The topological polar surface area (TPSA) is 229 Å². The van der Waals surface area contributed by atoms with Crippen LogP contribution < -0.4 is 21.7 Å². The number of carbonyl (C=O) groups excluding carboxylic acids is 7. The summed E-state index contributed by atoms with van der Waals surface area (Å²) in [7, 11) is 1.22. The number of nitrogens with zero attached hydrogens (tertiary/aromatic N) is 2. The van der Waals surface area contributed by atoms with Crippen LogP contribution in [0.15, 0.2) is 28.9 Å². The molecule has 1 aromatic heterocycles. The molecule has 1 aliphatic heterocycles. The van der Waals surface area contributed by atoms with Crippen molar-refractivity contribution in [1.82, 2.24) is 26.0 Å². The minimum absolute atomic E-state index is 0.0118. The van der Waals surface area contributed by atoms with E-state index >= 15 is 0 Å². The summed E-state index contributed by atoms with van der Waals surface area (Å²) in [6.07, 6.45) is 4.80. The van der Waals surface area contributed by atoms with Crippen LogP contribution in [-0.2, 0) is 38.2 Å². The Labute approximate surface area is 267 Å². The maximum absolute atomic E-state index is 13.8. The quantitative estimate of drug-likeness (QED) is 0.123. The molecule has 0 aliphatic carbocycles. The summed E-state index contributed by atoms with van der Waals surface area (Å²) >= 11 is 0. The van der Waals surface area contributed by atoms with Gasteiger partial charge in [0.2, 0.25) is 29.4 Å². The number of aromatic nitrogens is 1. The first-order valence-corrected chi connectivity index (χ1v) is 15.2. The van der Waals surface area contributed by atoms with Crippen LogP contribution in [0.5, 0.6) is 0 Å². The summed E-state index contributed by atoms with van der Waals surface area (Å²) < 4.78 is 14.5. The minimum atomic E-state index is -1.28. The van der Waals surface area contributed by atoms with Gasteiger partial charge in [-0.15, -0.1) is 0 Å². The lowest BCUT2D eigenvalue weighted by Crippen LogP contribution is -2.57. The Hall–Kier alpha value is -4.76. The summed E-state index contributed by atoms with van der Waals surface area (Å²) in [5.41, 5.74) is 5.34. The Bertz CT molecular complexity index is 1250. The minimum Gasteiger partial charge on any atom is -0.467 e. The molecular formula is C30H44N6O10. The summed E-state index contributed by atoms with van der Waals surface area (Å²) in [4.78, 5) is 90.2. The molecule has 5 amide bonds. The zero-order valence-corrected chi connectivity index (χ0v) is 26.6. The summed E-state index contributed by atoms with van der Waals surface area (Å²) in [6.45, 7) is 5.81. The highest BCUT2D eigenvalue weighted by Gasteiger charge is 2.39. The molecule has 2 heterocycles. The summed E-state index contributed by atoms with van der Waals surface area (Å²) in [5.74, 6) is -4.67. The van der Waals surface area contributed by atoms with E-state index < -0.39 is 65.6 Å². The Morgan fingerprint density at radius 2 is 1.83 bits per heavy atom. The molecule has 254 valence electrons. The van der Waals surface area contributed by atoms with Gasteiger partial charge in [0.15, 0.2) is 0 Å². The van der Waals surface area contributed by atoms with Gasteiger partial charge in [0.1, 0.15) is 24.2 Å². The van der Waals surface area contributed by atoms with Gasteiger partial charge in [-0.25, -0.2) is 9.59 Å². The van der Waals surface area contributed by atoms with Crippen molar-refractivity contribution in [2.45, 2.75) is 89.9 Å². The molecule has 0 bridgehead atoms. The number of carbonyl (C=O) groups is 7. The lowest BCUT2D eigenvalue weighted by Gasteiger charge is -2.30. The molecule has 1 aliphatic rings. The van der Waals surface area contributed by atoms with Crippen LogP contribution in [0.4, 0.5) is 0 Å². The normalized spacial score (nSPS) is 16.4. The van der Waals surface area contributed by atoms with Crippen molar-refractivity contribution >= 4 is 41.5 Å². The van der Waals surface area contributed by atoms with E-state index in [0.29, 0.717) is 19.3 Å². The molecule has 46 heavy (non-hydrogen) atoms. The van der Waals surface area contributed by atoms with Gasteiger partial charge in [0.25, 0.3) is 5.91 Å². The van der Waals surface area contributed by atoms with E-state index in [4.69, 9.17) is 19.7 Å². The standard InChI is InChI=1S/C30H44N6O10/c1-5-45-25(38)11-7-6-9-19(33-28(41)23-14-15-32-46-23)26(39)34-20(12-13-24(31)37)29(42)36-16-8-10-22(36)27(40)35-21(17-18(2)3)30(43)44-4/h7,11,14-15,18-22H,5-6,8-10,12-13,16-17H2,1-4H3,(H2,31,37)(H,33,41)(H,34,39)(H,35,40)/t19-,20-,21-,22-/m0/s1. The average molecular weight is 649 g/mol. The third-order valence-corrected chi connectivity index (χ3v) is 7.09. The number of methoxy groups -OCH3 is 1. The Balaban J connectivity index is 2.25. The van der Waals surface area contributed by atoms with E-state index in [1.54, 1.807) is 6.92 Å². The van der Waals surface area contributed by atoms with Gasteiger partial charge in [-0.05, 0) is 51.4 Å². The van der Waals surface area contributed by atoms with E-state index in [1.807, 2.05) is 13.8 Å². The molecule has 1 aromatic rings. The second kappa shape index (κ2) is 18.9. The monoisotopic (exact) mass is 648 g/mol. The zero-order chi connectivity index (χ0) is 34.2. The molecule has 1 saturated heterocycles. The maximum Gasteiger partial charge on any atom is 0.330 e. The Morgan fingerprint density at radius 1 is 1.09 bits per heavy atom. The van der Waals surface area contributed by atoms with Crippen molar-refractivity contribution in [2.75, 3.05) is 20.3 Å². The highest BCUT2D eigenvalue weighted by molar-refractivity contribution is 5.98. The van der Waals surface area contributed by atoms with Crippen LogP contribution in [0, 0.1) is 5.92 Å². The van der Waals surface area contributed by atoms with Crippen molar-refractivity contribution in [1.29, 1.82) is 0 Å². The van der Waals surface area contributed by atoms with Crippen molar-refractivity contribution in [3.05, 3.63) is 30.2 Å². The van der Waals surface area contributed by atoms with Crippen LogP contribution in [0.2, 0.25) is 0 Å². The molecule has 2 rings (SSSR count). The smallest absolute Gasteiger partial charge is 0.330 e. The van der Waals surface area contributed by atoms with E-state index in [9.17, 15) is 33.6 Å². The maximum atomic E-state index is 13.8. The molecule has 0 unspecified atom stereocenters. The number of nitrogens with one attached hydrogen (secondary N) is 3. The van der Waals surface area contributed by atoms with E-state index in [0.717, 1.165) is 0 Å². The fraction of sp³-hybridized carbons (Fsp3) is 0.600. The van der Waals surface area contributed by atoms with Gasteiger partial charge in [-0.2, -0.15) is 0 Å². The van der Waals surface area contributed by atoms with Crippen molar-refractivity contribution in [3.8, 4) is 0 Å². The zero-order valence-electron chi connectivity index (χ0n) is 26.6. The van der Waals surface area contributed by atoms with Crippen LogP contribution >= 0.6 is 0 Å². The Kier molecular flexibility index (Phi) is 15.4. The van der Waals surface area contributed by atoms with E-state index in [1.165, 1.54) is 36.4 Å². The van der Waals surface area contributed by atoms with Gasteiger partial charge < -0.3 is 40.6 Å². The summed E-state index contributed by atoms with van der Waals surface area (Å²) in [6, 6.07) is -3.03. The van der Waals surface area contributed by atoms with Gasteiger partial charge >= 0.3 is 11.9 Å². The molecule has 4 atom stereocenters. The second-order valence-electron chi connectivity index (χ2n) is 11.1. The Morgan fingerprint density at radius 3 is 2.43 bits per heavy atom. The molecule has 16 nitrogen and oxygen atoms in total.